The molecule has 0 radical (unpaired) electrons. The lowest BCUT2D eigenvalue weighted by molar-refractivity contribution is -0.119. The zero-order chi connectivity index (χ0) is 22.2. The number of carbonyl (C=O) groups excluding carboxylic acids is 2. The van der Waals surface area contributed by atoms with Gasteiger partial charge in [-0.15, -0.1) is 11.3 Å². The number of rotatable bonds is 11. The molecule has 0 amide bonds. The molecule has 1 aromatic carbocycles. The van der Waals surface area contributed by atoms with Gasteiger partial charge in [-0.25, -0.2) is 4.79 Å². The maximum absolute atomic E-state index is 12.6. The fraction of sp³-hybridized carbons (Fsp3) is 0.538. The highest BCUT2D eigenvalue weighted by Crippen LogP contribution is 2.40. The molecule has 31 heavy (non-hydrogen) atoms. The molecule has 2 aromatic rings. The molecule has 1 fully saturated rings. The molecule has 3 atom stereocenters. The van der Waals surface area contributed by atoms with Crippen LogP contribution in [-0.2, 0) is 16.0 Å². The summed E-state index contributed by atoms with van der Waals surface area (Å²) in [6, 6.07) is 11.9. The third-order valence-electron chi connectivity index (χ3n) is 6.39. The Balaban J connectivity index is 1.55. The zero-order valence-electron chi connectivity index (χ0n) is 18.6. The van der Waals surface area contributed by atoms with Gasteiger partial charge in [0.25, 0.3) is 0 Å². The number of ketones is 1. The van der Waals surface area contributed by atoms with E-state index in [1.165, 1.54) is 23.3 Å². The third-order valence-corrected chi connectivity index (χ3v) is 7.51. The molecule has 3 rings (SSSR count). The van der Waals surface area contributed by atoms with Gasteiger partial charge in [0, 0.05) is 17.2 Å². The van der Waals surface area contributed by atoms with Crippen LogP contribution >= 0.6 is 11.3 Å². The van der Waals surface area contributed by atoms with Crippen LogP contribution in [0.3, 0.4) is 0 Å². The summed E-state index contributed by atoms with van der Waals surface area (Å²) in [5, 5.41) is 10.4. The van der Waals surface area contributed by atoms with Crippen molar-refractivity contribution in [3.05, 3.63) is 57.3 Å². The monoisotopic (exact) mass is 442 g/mol. The van der Waals surface area contributed by atoms with Crippen LogP contribution in [0.4, 0.5) is 0 Å². The fourth-order valence-corrected chi connectivity index (χ4v) is 5.59. The number of benzene rings is 1. The van der Waals surface area contributed by atoms with Crippen LogP contribution in [0.1, 0.15) is 96.0 Å². The summed E-state index contributed by atoms with van der Waals surface area (Å²) in [4.78, 5) is 26.1. The number of aliphatic hydroxyl groups excluding tert-OH is 1. The molecule has 4 nitrogen and oxygen atoms in total. The Bertz CT molecular complexity index is 855. The summed E-state index contributed by atoms with van der Waals surface area (Å²) in [7, 11) is 1.40. The van der Waals surface area contributed by atoms with Gasteiger partial charge >= 0.3 is 5.97 Å². The van der Waals surface area contributed by atoms with Gasteiger partial charge in [0.2, 0.25) is 0 Å². The third kappa shape index (κ3) is 6.27. The maximum Gasteiger partial charge on any atom is 0.348 e. The van der Waals surface area contributed by atoms with Gasteiger partial charge in [-0.2, -0.15) is 0 Å². The van der Waals surface area contributed by atoms with Crippen molar-refractivity contribution in [2.24, 2.45) is 5.92 Å². The first-order valence-corrected chi connectivity index (χ1v) is 12.3. The minimum atomic E-state index is -0.420. The number of thiophene rings is 1. The predicted molar refractivity (Wildman–Crippen MR) is 125 cm³/mol. The Kier molecular flexibility index (Phi) is 8.85. The topological polar surface area (TPSA) is 63.6 Å². The number of methoxy groups -OCH3 is 1. The summed E-state index contributed by atoms with van der Waals surface area (Å²) in [6.07, 6.45) is 8.22. The minimum absolute atomic E-state index is 0.0275. The fourth-order valence-electron chi connectivity index (χ4n) is 4.62. The van der Waals surface area contributed by atoms with Gasteiger partial charge in [0.15, 0.2) is 0 Å². The Hall–Kier alpha value is -1.98. The molecular weight excluding hydrogens is 408 g/mol. The summed E-state index contributed by atoms with van der Waals surface area (Å²) in [5.41, 5.74) is 2.03. The number of ether oxygens (including phenoxy) is 1. The maximum atomic E-state index is 12.6. The first-order chi connectivity index (χ1) is 15.0. The normalized spacial score (nSPS) is 19.5. The molecule has 1 heterocycles. The number of hydrogen-bond acceptors (Lipinski definition) is 5. The van der Waals surface area contributed by atoms with E-state index in [-0.39, 0.29) is 11.9 Å². The second-order valence-corrected chi connectivity index (χ2v) is 9.74. The van der Waals surface area contributed by atoms with Crippen molar-refractivity contribution in [2.75, 3.05) is 7.11 Å². The van der Waals surface area contributed by atoms with E-state index in [0.717, 1.165) is 62.5 Å². The average Bonchev–Trinajstić information content (AvgIpc) is 3.40. The first kappa shape index (κ1) is 23.7. The van der Waals surface area contributed by atoms with Crippen LogP contribution in [0.5, 0.6) is 0 Å². The summed E-state index contributed by atoms with van der Waals surface area (Å²) >= 11 is 1.49. The standard InChI is InChI=1S/C26H34O4S/c1-3-4-5-9-22(27)18-10-12-20(13-11-18)25-19(14-16-23(25)28)7-6-8-21-15-17-24(31-21)26(29)30-2/h10-13,15,17,19,22,25,27H,3-9,14,16H2,1-2H3/t19-,22?,25-/m0/s1. The molecule has 5 heteroatoms. The average molecular weight is 443 g/mol. The molecule has 1 saturated carbocycles. The van der Waals surface area contributed by atoms with Crippen LogP contribution in [0.15, 0.2) is 36.4 Å². The van der Waals surface area contributed by atoms with Crippen molar-refractivity contribution < 1.29 is 19.4 Å². The van der Waals surface area contributed by atoms with Gasteiger partial charge in [0.05, 0.1) is 13.2 Å². The lowest BCUT2D eigenvalue weighted by Crippen LogP contribution is -2.13. The van der Waals surface area contributed by atoms with Gasteiger partial charge < -0.3 is 9.84 Å². The van der Waals surface area contributed by atoms with E-state index in [1.54, 1.807) is 0 Å². The van der Waals surface area contributed by atoms with Crippen molar-refractivity contribution >= 4 is 23.1 Å². The summed E-state index contributed by atoms with van der Waals surface area (Å²) in [6.45, 7) is 2.16. The lowest BCUT2D eigenvalue weighted by atomic mass is 9.84. The quantitative estimate of drug-likeness (QED) is 0.331. The number of aliphatic hydroxyl groups is 1. The van der Waals surface area contributed by atoms with E-state index in [2.05, 4.69) is 6.92 Å². The molecule has 168 valence electrons. The molecule has 0 spiro atoms. The molecule has 1 unspecified atom stereocenters. The molecule has 0 aliphatic heterocycles. The van der Waals surface area contributed by atoms with Gasteiger partial charge in [-0.05, 0) is 61.3 Å². The zero-order valence-corrected chi connectivity index (χ0v) is 19.5. The highest BCUT2D eigenvalue weighted by atomic mass is 32.1. The van der Waals surface area contributed by atoms with Gasteiger partial charge in [0.1, 0.15) is 10.7 Å². The highest BCUT2D eigenvalue weighted by Gasteiger charge is 2.35. The van der Waals surface area contributed by atoms with Gasteiger partial charge in [-0.3, -0.25) is 4.79 Å². The van der Waals surface area contributed by atoms with Crippen LogP contribution in [-0.4, -0.2) is 24.0 Å². The van der Waals surface area contributed by atoms with Crippen LogP contribution in [0, 0.1) is 5.92 Å². The SMILES string of the molecule is CCCCCC(O)c1ccc([C@H]2C(=O)CC[C@@H]2CCCc2ccc(C(=O)OC)s2)cc1. The van der Waals surface area contributed by atoms with E-state index in [0.29, 0.717) is 23.0 Å². The Labute approximate surface area is 189 Å². The van der Waals surface area contributed by atoms with E-state index in [4.69, 9.17) is 4.74 Å². The molecule has 1 aliphatic rings. The van der Waals surface area contributed by atoms with Crippen LogP contribution in [0.25, 0.3) is 0 Å². The number of hydrogen-bond donors (Lipinski definition) is 1. The molecular formula is C26H34O4S. The van der Waals surface area contributed by atoms with Crippen molar-refractivity contribution in [1.82, 2.24) is 0 Å². The smallest absolute Gasteiger partial charge is 0.348 e. The second-order valence-electron chi connectivity index (χ2n) is 8.57. The number of aryl methyl sites for hydroxylation is 1. The molecule has 1 aromatic heterocycles. The molecule has 1 N–H and O–H groups in total. The molecule has 0 saturated heterocycles. The minimum Gasteiger partial charge on any atom is -0.465 e. The Morgan fingerprint density at radius 3 is 2.65 bits per heavy atom. The van der Waals surface area contributed by atoms with Gasteiger partial charge in [-0.1, -0.05) is 50.5 Å². The highest BCUT2D eigenvalue weighted by molar-refractivity contribution is 7.13. The largest absolute Gasteiger partial charge is 0.465 e. The number of unbranched alkanes of at least 4 members (excludes halogenated alkanes) is 2. The lowest BCUT2D eigenvalue weighted by Gasteiger charge is -2.20. The van der Waals surface area contributed by atoms with E-state index in [9.17, 15) is 14.7 Å². The van der Waals surface area contributed by atoms with E-state index >= 15 is 0 Å². The Morgan fingerprint density at radius 1 is 1.16 bits per heavy atom. The number of esters is 1. The second kappa shape index (κ2) is 11.6. The van der Waals surface area contributed by atoms with Crippen molar-refractivity contribution in [2.45, 2.75) is 76.7 Å². The predicted octanol–water partition coefficient (Wildman–Crippen LogP) is 6.23. The Morgan fingerprint density at radius 2 is 1.94 bits per heavy atom. The molecule has 0 bridgehead atoms. The number of carbonyl (C=O) groups is 2. The summed E-state index contributed by atoms with van der Waals surface area (Å²) in [5.74, 6) is 0.398. The number of Topliss-reactive ketones (excluding diaryl/α,β-unsaturated/α-hetero) is 1. The van der Waals surface area contributed by atoms with Crippen molar-refractivity contribution in [3.63, 3.8) is 0 Å². The van der Waals surface area contributed by atoms with Crippen LogP contribution in [0.2, 0.25) is 0 Å². The summed E-state index contributed by atoms with van der Waals surface area (Å²) < 4.78 is 4.78. The molecule has 1 aliphatic carbocycles. The van der Waals surface area contributed by atoms with Crippen LogP contribution < -0.4 is 0 Å². The van der Waals surface area contributed by atoms with E-state index in [1.807, 2.05) is 36.4 Å². The first-order valence-electron chi connectivity index (χ1n) is 11.5. The van der Waals surface area contributed by atoms with Crippen molar-refractivity contribution in [1.29, 1.82) is 0 Å². The van der Waals surface area contributed by atoms with Crippen molar-refractivity contribution in [3.8, 4) is 0 Å². The van der Waals surface area contributed by atoms with E-state index < -0.39 is 6.10 Å².